The highest BCUT2D eigenvalue weighted by Crippen LogP contribution is 2.27. The first kappa shape index (κ1) is 17.5. The van der Waals surface area contributed by atoms with Gasteiger partial charge in [-0.2, -0.15) is 4.98 Å². The molecule has 0 atom stereocenters. The molecular formula is C22H25N5. The fraction of sp³-hybridized carbons (Fsp3) is 0.318. The van der Waals surface area contributed by atoms with Crippen molar-refractivity contribution in [1.82, 2.24) is 15.0 Å². The Morgan fingerprint density at radius 2 is 1.67 bits per heavy atom. The van der Waals surface area contributed by atoms with Crippen molar-refractivity contribution in [2.45, 2.75) is 45.6 Å². The van der Waals surface area contributed by atoms with E-state index in [1.165, 1.54) is 36.8 Å². The maximum absolute atomic E-state index is 4.74. The molecule has 4 rings (SSSR count). The van der Waals surface area contributed by atoms with Crippen LogP contribution < -0.4 is 10.6 Å². The molecule has 0 saturated heterocycles. The summed E-state index contributed by atoms with van der Waals surface area (Å²) in [4.78, 5) is 13.9. The van der Waals surface area contributed by atoms with Crippen LogP contribution in [0.2, 0.25) is 0 Å². The Balaban J connectivity index is 1.71. The zero-order valence-corrected chi connectivity index (χ0v) is 15.9. The molecule has 5 heteroatoms. The van der Waals surface area contributed by atoms with Crippen molar-refractivity contribution in [3.8, 4) is 11.4 Å². The molecule has 1 fully saturated rings. The van der Waals surface area contributed by atoms with E-state index in [1.807, 2.05) is 24.3 Å². The molecule has 1 saturated carbocycles. The number of hydrogen-bond acceptors (Lipinski definition) is 5. The van der Waals surface area contributed by atoms with E-state index >= 15 is 0 Å². The van der Waals surface area contributed by atoms with Crippen LogP contribution >= 0.6 is 0 Å². The highest BCUT2D eigenvalue weighted by molar-refractivity contribution is 5.68. The Labute approximate surface area is 160 Å². The van der Waals surface area contributed by atoms with Gasteiger partial charge < -0.3 is 10.6 Å². The van der Waals surface area contributed by atoms with Crippen LogP contribution in [0.3, 0.4) is 0 Å². The number of benzene rings is 1. The molecule has 2 aromatic heterocycles. The maximum atomic E-state index is 4.74. The zero-order chi connectivity index (χ0) is 18.6. The average Bonchev–Trinajstić information content (AvgIpc) is 3.18. The van der Waals surface area contributed by atoms with Gasteiger partial charge in [-0.05, 0) is 49.9 Å². The number of aromatic nitrogens is 3. The number of hydrogen-bond donors (Lipinski definition) is 2. The minimum Gasteiger partial charge on any atom is -0.351 e. The number of aryl methyl sites for hydroxylation is 2. The second-order valence-corrected chi connectivity index (χ2v) is 7.19. The normalized spacial score (nSPS) is 14.3. The van der Waals surface area contributed by atoms with Gasteiger partial charge in [0, 0.05) is 24.0 Å². The maximum Gasteiger partial charge on any atom is 0.225 e. The number of nitrogens with one attached hydrogen (secondary N) is 2. The Bertz CT molecular complexity index is 897. The molecule has 0 aliphatic heterocycles. The van der Waals surface area contributed by atoms with Crippen LogP contribution in [0.1, 0.15) is 36.8 Å². The fourth-order valence-corrected chi connectivity index (χ4v) is 3.61. The second kappa shape index (κ2) is 7.74. The van der Waals surface area contributed by atoms with Crippen molar-refractivity contribution in [2.75, 3.05) is 10.6 Å². The fourth-order valence-electron chi connectivity index (χ4n) is 3.61. The first-order chi connectivity index (χ1) is 13.2. The van der Waals surface area contributed by atoms with Gasteiger partial charge >= 0.3 is 0 Å². The summed E-state index contributed by atoms with van der Waals surface area (Å²) in [6, 6.07) is 14.6. The second-order valence-electron chi connectivity index (χ2n) is 7.19. The van der Waals surface area contributed by atoms with Crippen LogP contribution in [-0.4, -0.2) is 21.0 Å². The van der Waals surface area contributed by atoms with Crippen LogP contribution in [-0.2, 0) is 0 Å². The number of para-hydroxylation sites is 1. The third-order valence-corrected chi connectivity index (χ3v) is 5.08. The van der Waals surface area contributed by atoms with E-state index in [-0.39, 0.29) is 0 Å². The number of rotatable bonds is 5. The number of nitrogens with zero attached hydrogens (tertiary/aromatic N) is 3. The topological polar surface area (TPSA) is 62.7 Å². The molecule has 0 bridgehead atoms. The van der Waals surface area contributed by atoms with Crippen LogP contribution in [0.15, 0.2) is 48.7 Å². The molecule has 138 valence electrons. The number of anilines is 3. The first-order valence-electron chi connectivity index (χ1n) is 9.59. The summed E-state index contributed by atoms with van der Waals surface area (Å²) in [5, 5.41) is 7.01. The van der Waals surface area contributed by atoms with Gasteiger partial charge in [0.1, 0.15) is 5.82 Å². The molecule has 3 aromatic rings. The highest BCUT2D eigenvalue weighted by Gasteiger charge is 2.17. The zero-order valence-electron chi connectivity index (χ0n) is 15.9. The van der Waals surface area contributed by atoms with Gasteiger partial charge in [-0.25, -0.2) is 4.98 Å². The molecule has 2 heterocycles. The molecular weight excluding hydrogens is 334 g/mol. The van der Waals surface area contributed by atoms with Crippen molar-refractivity contribution in [3.05, 3.63) is 59.8 Å². The quantitative estimate of drug-likeness (QED) is 0.651. The Morgan fingerprint density at radius 3 is 2.37 bits per heavy atom. The van der Waals surface area contributed by atoms with Crippen molar-refractivity contribution >= 4 is 17.5 Å². The van der Waals surface area contributed by atoms with Gasteiger partial charge in [0.2, 0.25) is 5.95 Å². The van der Waals surface area contributed by atoms with Crippen LogP contribution in [0.4, 0.5) is 17.5 Å². The Hall–Kier alpha value is -2.95. The molecule has 27 heavy (non-hydrogen) atoms. The lowest BCUT2D eigenvalue weighted by Crippen LogP contribution is -2.17. The van der Waals surface area contributed by atoms with Crippen LogP contribution in [0.5, 0.6) is 0 Å². The Kier molecular flexibility index (Phi) is 5.01. The van der Waals surface area contributed by atoms with E-state index in [0.29, 0.717) is 12.0 Å². The van der Waals surface area contributed by atoms with Gasteiger partial charge in [0.25, 0.3) is 0 Å². The van der Waals surface area contributed by atoms with Crippen molar-refractivity contribution < 1.29 is 0 Å². The van der Waals surface area contributed by atoms with Crippen LogP contribution in [0.25, 0.3) is 11.4 Å². The summed E-state index contributed by atoms with van der Waals surface area (Å²) in [6.45, 7) is 4.21. The summed E-state index contributed by atoms with van der Waals surface area (Å²) >= 11 is 0. The Morgan fingerprint density at radius 1 is 0.889 bits per heavy atom. The molecule has 5 nitrogen and oxygen atoms in total. The van der Waals surface area contributed by atoms with E-state index < -0.39 is 0 Å². The van der Waals surface area contributed by atoms with E-state index in [0.717, 1.165) is 22.9 Å². The first-order valence-corrected chi connectivity index (χ1v) is 9.59. The largest absolute Gasteiger partial charge is 0.351 e. The summed E-state index contributed by atoms with van der Waals surface area (Å²) in [5.41, 5.74) is 5.14. The molecule has 0 amide bonds. The average molecular weight is 359 g/mol. The van der Waals surface area contributed by atoms with Crippen molar-refractivity contribution in [3.63, 3.8) is 0 Å². The predicted molar refractivity (Wildman–Crippen MR) is 110 cm³/mol. The van der Waals surface area contributed by atoms with Crippen molar-refractivity contribution in [1.29, 1.82) is 0 Å². The molecule has 2 N–H and O–H groups in total. The molecule has 0 radical (unpaired) electrons. The van der Waals surface area contributed by atoms with E-state index in [2.05, 4.69) is 47.7 Å². The highest BCUT2D eigenvalue weighted by atomic mass is 15.2. The summed E-state index contributed by atoms with van der Waals surface area (Å²) in [6.07, 6.45) is 6.68. The summed E-state index contributed by atoms with van der Waals surface area (Å²) in [7, 11) is 0. The van der Waals surface area contributed by atoms with Gasteiger partial charge in [-0.1, -0.05) is 37.1 Å². The van der Waals surface area contributed by atoms with E-state index in [4.69, 9.17) is 9.97 Å². The van der Waals surface area contributed by atoms with E-state index in [1.54, 1.807) is 6.20 Å². The van der Waals surface area contributed by atoms with Gasteiger partial charge in [-0.3, -0.25) is 4.98 Å². The number of pyridine rings is 1. The standard InChI is InChI=1S/C22H25N5/c1-15-8-7-9-16(2)21(15)26-20-14-19(18-12-5-6-13-23-18)25-22(27-20)24-17-10-3-4-11-17/h5-9,12-14,17H,3-4,10-11H2,1-2H3,(H2,24,25,26,27). The smallest absolute Gasteiger partial charge is 0.225 e. The third-order valence-electron chi connectivity index (χ3n) is 5.08. The lowest BCUT2D eigenvalue weighted by molar-refractivity contribution is 0.744. The third kappa shape index (κ3) is 4.08. The molecule has 0 spiro atoms. The van der Waals surface area contributed by atoms with E-state index in [9.17, 15) is 0 Å². The molecule has 1 aliphatic rings. The minimum absolute atomic E-state index is 0.456. The lowest BCUT2D eigenvalue weighted by Gasteiger charge is -2.16. The minimum atomic E-state index is 0.456. The molecule has 1 aliphatic carbocycles. The van der Waals surface area contributed by atoms with Gasteiger partial charge in [0.05, 0.1) is 11.4 Å². The lowest BCUT2D eigenvalue weighted by atomic mass is 10.1. The van der Waals surface area contributed by atoms with Crippen LogP contribution in [0, 0.1) is 13.8 Å². The van der Waals surface area contributed by atoms with Gasteiger partial charge in [-0.15, -0.1) is 0 Å². The predicted octanol–water partition coefficient (Wildman–Crippen LogP) is 5.25. The monoisotopic (exact) mass is 359 g/mol. The van der Waals surface area contributed by atoms with Crippen molar-refractivity contribution in [2.24, 2.45) is 0 Å². The van der Waals surface area contributed by atoms with Gasteiger partial charge in [0.15, 0.2) is 0 Å². The molecule has 0 unspecified atom stereocenters. The SMILES string of the molecule is Cc1cccc(C)c1Nc1cc(-c2ccccn2)nc(NC2CCCC2)n1. The molecule has 1 aromatic carbocycles. The summed E-state index contributed by atoms with van der Waals surface area (Å²) in [5.74, 6) is 1.45. The summed E-state index contributed by atoms with van der Waals surface area (Å²) < 4.78 is 0.